The number of hydrogen-bond acceptors (Lipinski definition) is 10. The van der Waals surface area contributed by atoms with Crippen molar-refractivity contribution in [3.63, 3.8) is 0 Å². The second-order valence-electron chi connectivity index (χ2n) is 13.7. The molecule has 5 atom stereocenters. The van der Waals surface area contributed by atoms with E-state index >= 15 is 0 Å². The van der Waals surface area contributed by atoms with Crippen molar-refractivity contribution in [2.24, 2.45) is 0 Å². The molecule has 3 aromatic rings. The maximum Gasteiger partial charge on any atom is 0.192 e. The van der Waals surface area contributed by atoms with Crippen LogP contribution < -0.4 is 18.9 Å². The summed E-state index contributed by atoms with van der Waals surface area (Å²) in [7, 11) is 4.04. The first kappa shape index (κ1) is 38.0. The van der Waals surface area contributed by atoms with Gasteiger partial charge >= 0.3 is 0 Å². The Morgan fingerprint density at radius 1 is 0.792 bits per heavy atom. The van der Waals surface area contributed by atoms with E-state index in [4.69, 9.17) is 37.6 Å². The highest BCUT2D eigenvalue weighted by Crippen LogP contribution is 2.45. The van der Waals surface area contributed by atoms with E-state index < -0.39 is 37.7 Å². The van der Waals surface area contributed by atoms with Crippen LogP contribution in [0.25, 0.3) is 0 Å². The highest BCUT2D eigenvalue weighted by molar-refractivity contribution is 7.99. The van der Waals surface area contributed by atoms with Crippen LogP contribution in [0.5, 0.6) is 23.0 Å². The third-order valence-electron chi connectivity index (χ3n) is 9.12. The van der Waals surface area contributed by atoms with Gasteiger partial charge in [-0.25, -0.2) is 0 Å². The van der Waals surface area contributed by atoms with Crippen LogP contribution >= 0.6 is 11.8 Å². The second kappa shape index (κ2) is 16.3. The number of thioether (sulfide) groups is 1. The summed E-state index contributed by atoms with van der Waals surface area (Å²) in [6, 6.07) is 21.3. The summed E-state index contributed by atoms with van der Waals surface area (Å²) >= 11 is 1.54. The van der Waals surface area contributed by atoms with Crippen molar-refractivity contribution in [2.75, 3.05) is 35.0 Å². The van der Waals surface area contributed by atoms with Gasteiger partial charge in [-0.05, 0) is 72.6 Å². The minimum Gasteiger partial charge on any atom is -0.497 e. The smallest absolute Gasteiger partial charge is 0.192 e. The zero-order chi connectivity index (χ0) is 35.1. The van der Waals surface area contributed by atoms with E-state index in [9.17, 15) is 5.11 Å². The van der Waals surface area contributed by atoms with Crippen LogP contribution in [0.1, 0.15) is 38.8 Å². The number of rotatable bonds is 15. The zero-order valence-corrected chi connectivity index (χ0v) is 31.7. The predicted molar refractivity (Wildman–Crippen MR) is 191 cm³/mol. The molecule has 0 saturated carbocycles. The maximum absolute atomic E-state index is 12.4. The normalized spacial score (nSPS) is 23.1. The molecule has 1 heterocycles. The van der Waals surface area contributed by atoms with Crippen molar-refractivity contribution in [1.29, 1.82) is 0 Å². The molecule has 1 aliphatic heterocycles. The minimum atomic E-state index is -2.43. The monoisotopic (exact) mass is 700 g/mol. The average molecular weight is 701 g/mol. The highest BCUT2D eigenvalue weighted by atomic mass is 32.2. The van der Waals surface area contributed by atoms with Crippen LogP contribution in [-0.4, -0.2) is 77.8 Å². The van der Waals surface area contributed by atoms with E-state index in [0.717, 1.165) is 16.0 Å². The van der Waals surface area contributed by atoms with Gasteiger partial charge in [0.2, 0.25) is 0 Å². The number of benzene rings is 3. The molecule has 1 N–H and O–H groups in total. The summed E-state index contributed by atoms with van der Waals surface area (Å²) in [6.45, 7) is 13.3. The van der Waals surface area contributed by atoms with Gasteiger partial charge in [0.25, 0.3) is 0 Å². The van der Waals surface area contributed by atoms with Crippen molar-refractivity contribution < 1.29 is 42.7 Å². The fourth-order valence-corrected chi connectivity index (χ4v) is 7.68. The molecule has 4 rings (SSSR count). The molecule has 0 radical (unpaired) electrons. The van der Waals surface area contributed by atoms with Crippen LogP contribution in [0.4, 0.5) is 0 Å². The average Bonchev–Trinajstić information content (AvgIpc) is 3.06. The Kier molecular flexibility index (Phi) is 12.9. The van der Waals surface area contributed by atoms with Gasteiger partial charge in [-0.3, -0.25) is 0 Å². The molecule has 1 saturated heterocycles. The lowest BCUT2D eigenvalue weighted by Crippen LogP contribution is -2.68. The third kappa shape index (κ3) is 9.47. The maximum atomic E-state index is 12.4. The number of aliphatic hydroxyl groups is 1. The lowest BCUT2D eigenvalue weighted by Gasteiger charge is -2.53. The fourth-order valence-electron chi connectivity index (χ4n) is 5.19. The van der Waals surface area contributed by atoms with Gasteiger partial charge in [0.15, 0.2) is 8.32 Å². The number of hydrogen-bond donors (Lipinski definition) is 1. The Bertz CT molecular complexity index is 1420. The van der Waals surface area contributed by atoms with Crippen LogP contribution in [0.2, 0.25) is 18.1 Å². The molecule has 264 valence electrons. The van der Waals surface area contributed by atoms with Gasteiger partial charge < -0.3 is 42.7 Å². The molecular formula is C37H52O9SSi. The molecule has 9 nitrogen and oxygen atoms in total. The Morgan fingerprint density at radius 3 is 1.77 bits per heavy atom. The molecule has 48 heavy (non-hydrogen) atoms. The number of ether oxygens (including phenoxy) is 7. The van der Waals surface area contributed by atoms with E-state index in [1.54, 1.807) is 47.1 Å². The summed E-state index contributed by atoms with van der Waals surface area (Å²) in [6.07, 6.45) is -2.10. The van der Waals surface area contributed by atoms with E-state index in [1.807, 2.05) is 66.7 Å². The first-order valence-electron chi connectivity index (χ1n) is 16.1. The summed E-state index contributed by atoms with van der Waals surface area (Å²) in [5.41, 5.74) is -0.257. The van der Waals surface area contributed by atoms with Crippen LogP contribution in [0.3, 0.4) is 0 Å². The van der Waals surface area contributed by atoms with Crippen molar-refractivity contribution in [3.05, 3.63) is 77.9 Å². The molecule has 0 aliphatic carbocycles. The topological polar surface area (TPSA) is 94.1 Å². The van der Waals surface area contributed by atoms with Gasteiger partial charge in [-0.2, -0.15) is 0 Å². The summed E-state index contributed by atoms with van der Waals surface area (Å²) in [5, 5.41) is 12.3. The van der Waals surface area contributed by atoms with Crippen LogP contribution in [0, 0.1) is 0 Å². The molecule has 1 fully saturated rings. The summed E-state index contributed by atoms with van der Waals surface area (Å²) < 4.78 is 48.7. The third-order valence-corrected chi connectivity index (χ3v) is 14.7. The fraction of sp³-hybridized carbons (Fsp3) is 0.514. The molecule has 0 spiro atoms. The second-order valence-corrected chi connectivity index (χ2v) is 19.6. The molecule has 0 bridgehead atoms. The molecule has 1 aliphatic rings. The van der Waals surface area contributed by atoms with Gasteiger partial charge in [0.05, 0.1) is 48.3 Å². The Morgan fingerprint density at radius 2 is 1.29 bits per heavy atom. The van der Waals surface area contributed by atoms with Crippen LogP contribution in [0.15, 0.2) is 71.6 Å². The Balaban J connectivity index is 1.68. The molecule has 0 unspecified atom stereocenters. The Hall–Kier alpha value is -2.77. The Labute approximate surface area is 291 Å². The number of methoxy groups -OCH3 is 4. The van der Waals surface area contributed by atoms with E-state index in [-0.39, 0.29) is 24.9 Å². The quantitative estimate of drug-likeness (QED) is 0.161. The predicted octanol–water partition coefficient (Wildman–Crippen LogP) is 7.48. The van der Waals surface area contributed by atoms with Gasteiger partial charge in [0.1, 0.15) is 52.3 Å². The van der Waals surface area contributed by atoms with Crippen molar-refractivity contribution in [1.82, 2.24) is 0 Å². The largest absolute Gasteiger partial charge is 0.497 e. The minimum absolute atomic E-state index is 0.119. The molecule has 0 aromatic heterocycles. The van der Waals surface area contributed by atoms with Crippen molar-refractivity contribution in [2.45, 2.75) is 93.3 Å². The van der Waals surface area contributed by atoms with Gasteiger partial charge in [0, 0.05) is 17.0 Å². The van der Waals surface area contributed by atoms with Crippen molar-refractivity contribution in [3.8, 4) is 23.0 Å². The van der Waals surface area contributed by atoms with Crippen molar-refractivity contribution >= 4 is 20.1 Å². The van der Waals surface area contributed by atoms with Crippen LogP contribution in [-0.2, 0) is 31.9 Å². The molecule has 0 amide bonds. The molecular weight excluding hydrogens is 649 g/mol. The SMILES string of the molecule is COc1cc(COC[C@H]2O[C@@H](Sc3ccccc3)[C@H](OCc3cc(OC)cc(OC)c3)[C@@H](O[Si](C)(C)C(C)(C)C)[C@]2(C)O)cc(OC)c1. The zero-order valence-electron chi connectivity index (χ0n) is 29.9. The van der Waals surface area contributed by atoms with E-state index in [2.05, 4.69) is 33.9 Å². The van der Waals surface area contributed by atoms with E-state index in [1.165, 1.54) is 0 Å². The summed E-state index contributed by atoms with van der Waals surface area (Å²) in [5.74, 6) is 2.67. The van der Waals surface area contributed by atoms with Gasteiger partial charge in [-0.15, -0.1) is 0 Å². The molecule has 11 heteroatoms. The standard InChI is InChI=1S/C37H52O9SSi/c1-36(2,3)48(9,10)46-34-33(44-23-26-18-29(41-7)21-30(19-26)42-8)35(47-31-14-12-11-13-15-31)45-32(37(34,4)38)24-43-22-25-16-27(39-5)20-28(17-25)40-6/h11-21,32-35,38H,22-24H2,1-10H3/t32-,33-,34-,35+,37-/m1/s1. The summed E-state index contributed by atoms with van der Waals surface area (Å²) in [4.78, 5) is 1.01. The van der Waals surface area contributed by atoms with E-state index in [0.29, 0.717) is 23.0 Å². The first-order valence-corrected chi connectivity index (χ1v) is 19.9. The highest BCUT2D eigenvalue weighted by Gasteiger charge is 2.57. The lowest BCUT2D eigenvalue weighted by atomic mass is 9.86. The first-order chi connectivity index (χ1) is 22.7. The lowest BCUT2D eigenvalue weighted by molar-refractivity contribution is -0.261. The van der Waals surface area contributed by atoms with Gasteiger partial charge in [-0.1, -0.05) is 50.7 Å². The molecule has 3 aromatic carbocycles.